The van der Waals surface area contributed by atoms with Crippen LogP contribution in [0.3, 0.4) is 0 Å². The Morgan fingerprint density at radius 1 is 0.360 bits per heavy atom. The topological polar surface area (TPSA) is 8.17 Å². The number of rotatable bonds is 5. The van der Waals surface area contributed by atoms with E-state index in [1.807, 2.05) is 0 Å². The molecule has 0 bridgehead atoms. The fourth-order valence-electron chi connectivity index (χ4n) is 7.98. The maximum Gasteiger partial charge on any atom is 0.0782 e. The molecular weight excluding hydrogens is 605 g/mol. The molecule has 0 aliphatic rings. The summed E-state index contributed by atoms with van der Waals surface area (Å²) in [5, 5.41) is 9.87. The van der Waals surface area contributed by atoms with E-state index < -0.39 is 0 Å². The number of para-hydroxylation sites is 4. The Hall–Kier alpha value is -6.64. The van der Waals surface area contributed by atoms with Gasteiger partial charge >= 0.3 is 0 Å². The number of hydrogen-bond donors (Lipinski definition) is 0. The van der Waals surface area contributed by atoms with Crippen molar-refractivity contribution in [2.24, 2.45) is 0 Å². The van der Waals surface area contributed by atoms with Crippen LogP contribution >= 0.6 is 0 Å². The number of nitrogens with zero attached hydrogens (tertiary/aromatic N) is 2. The lowest BCUT2D eigenvalue weighted by molar-refractivity contribution is 1.17. The molecule has 0 aliphatic heterocycles. The predicted octanol–water partition coefficient (Wildman–Crippen LogP) is 13.4. The zero-order valence-corrected chi connectivity index (χ0v) is 27.4. The van der Waals surface area contributed by atoms with Crippen molar-refractivity contribution in [3.05, 3.63) is 194 Å². The molecule has 10 aromatic rings. The molecule has 1 aromatic heterocycles. The highest BCUT2D eigenvalue weighted by atomic mass is 15.2. The first-order chi connectivity index (χ1) is 24.8. The Morgan fingerprint density at radius 2 is 0.980 bits per heavy atom. The molecule has 50 heavy (non-hydrogen) atoms. The Balaban J connectivity index is 1.42. The van der Waals surface area contributed by atoms with Crippen molar-refractivity contribution >= 4 is 71.2 Å². The van der Waals surface area contributed by atoms with Crippen LogP contribution in [0.5, 0.6) is 0 Å². The lowest BCUT2D eigenvalue weighted by atomic mass is 9.93. The fraction of sp³-hybridized carbons (Fsp3) is 0. The average molecular weight is 637 g/mol. The van der Waals surface area contributed by atoms with Crippen LogP contribution < -0.4 is 4.90 Å². The summed E-state index contributed by atoms with van der Waals surface area (Å²) in [6, 6.07) is 70.6. The summed E-state index contributed by atoms with van der Waals surface area (Å²) >= 11 is 0. The number of hydrogen-bond acceptors (Lipinski definition) is 1. The molecule has 0 N–H and O–H groups in total. The number of aromatic nitrogens is 1. The SMILES string of the molecule is c1ccc(-c2ccccc2N(c2cc3ccccc3c3ccc4ccccc4c23)c2cccc3c4ccccc4n(-c4ccccc4)c23)cc1. The maximum atomic E-state index is 2.53. The van der Waals surface area contributed by atoms with Gasteiger partial charge in [-0.3, -0.25) is 0 Å². The Morgan fingerprint density at radius 3 is 1.82 bits per heavy atom. The van der Waals surface area contributed by atoms with Gasteiger partial charge in [0.2, 0.25) is 0 Å². The van der Waals surface area contributed by atoms with Crippen molar-refractivity contribution in [3.8, 4) is 16.8 Å². The van der Waals surface area contributed by atoms with Crippen LogP contribution in [0, 0.1) is 0 Å². The molecule has 0 spiro atoms. The second kappa shape index (κ2) is 11.5. The van der Waals surface area contributed by atoms with Crippen LogP contribution in [0.1, 0.15) is 0 Å². The van der Waals surface area contributed by atoms with Gasteiger partial charge in [0.1, 0.15) is 0 Å². The highest BCUT2D eigenvalue weighted by molar-refractivity contribution is 6.25. The molecule has 234 valence electrons. The van der Waals surface area contributed by atoms with Crippen LogP contribution in [0.2, 0.25) is 0 Å². The van der Waals surface area contributed by atoms with Crippen molar-refractivity contribution < 1.29 is 0 Å². The summed E-state index contributed by atoms with van der Waals surface area (Å²) in [5.41, 5.74) is 9.24. The van der Waals surface area contributed by atoms with Crippen molar-refractivity contribution in [3.63, 3.8) is 0 Å². The van der Waals surface area contributed by atoms with Crippen LogP contribution in [-0.2, 0) is 0 Å². The first-order valence-electron chi connectivity index (χ1n) is 17.2. The number of anilines is 3. The highest BCUT2D eigenvalue weighted by Crippen LogP contribution is 2.50. The van der Waals surface area contributed by atoms with E-state index in [1.54, 1.807) is 0 Å². The van der Waals surface area contributed by atoms with Gasteiger partial charge in [0.25, 0.3) is 0 Å². The van der Waals surface area contributed by atoms with E-state index in [0.717, 1.165) is 22.7 Å². The van der Waals surface area contributed by atoms with Crippen LogP contribution in [-0.4, -0.2) is 4.57 Å². The normalized spacial score (nSPS) is 11.6. The smallest absolute Gasteiger partial charge is 0.0782 e. The zero-order chi connectivity index (χ0) is 33.0. The Kier molecular flexibility index (Phi) is 6.53. The monoisotopic (exact) mass is 636 g/mol. The van der Waals surface area contributed by atoms with E-state index in [2.05, 4.69) is 204 Å². The summed E-state index contributed by atoms with van der Waals surface area (Å²) in [5.74, 6) is 0. The third-order valence-corrected chi connectivity index (χ3v) is 10.1. The minimum Gasteiger partial charge on any atom is -0.307 e. The van der Waals surface area contributed by atoms with Crippen LogP contribution in [0.15, 0.2) is 194 Å². The van der Waals surface area contributed by atoms with E-state index in [0.29, 0.717) is 0 Å². The molecule has 0 radical (unpaired) electrons. The van der Waals surface area contributed by atoms with Gasteiger partial charge in [-0.05, 0) is 68.9 Å². The molecule has 0 aliphatic carbocycles. The molecule has 2 heteroatoms. The zero-order valence-electron chi connectivity index (χ0n) is 27.4. The maximum absolute atomic E-state index is 2.53. The first kappa shape index (κ1) is 28.4. The van der Waals surface area contributed by atoms with Crippen LogP contribution in [0.4, 0.5) is 17.1 Å². The summed E-state index contributed by atoms with van der Waals surface area (Å²) in [4.78, 5) is 2.53. The minimum absolute atomic E-state index is 1.12. The molecule has 0 saturated heterocycles. The predicted molar refractivity (Wildman–Crippen MR) is 213 cm³/mol. The van der Waals surface area contributed by atoms with Gasteiger partial charge < -0.3 is 9.47 Å². The molecule has 0 unspecified atom stereocenters. The van der Waals surface area contributed by atoms with Gasteiger partial charge in [0, 0.05) is 27.4 Å². The van der Waals surface area contributed by atoms with Gasteiger partial charge in [-0.2, -0.15) is 0 Å². The van der Waals surface area contributed by atoms with Crippen molar-refractivity contribution in [1.82, 2.24) is 4.57 Å². The van der Waals surface area contributed by atoms with Gasteiger partial charge in [0.05, 0.1) is 28.1 Å². The summed E-state index contributed by atoms with van der Waals surface area (Å²) < 4.78 is 2.44. The van der Waals surface area contributed by atoms with Gasteiger partial charge in [-0.15, -0.1) is 0 Å². The Bertz CT molecular complexity index is 2870. The van der Waals surface area contributed by atoms with Crippen molar-refractivity contribution in [2.45, 2.75) is 0 Å². The molecule has 10 rings (SSSR count). The summed E-state index contributed by atoms with van der Waals surface area (Å²) in [6.45, 7) is 0. The fourth-order valence-corrected chi connectivity index (χ4v) is 7.98. The lowest BCUT2D eigenvalue weighted by Gasteiger charge is -2.31. The summed E-state index contributed by atoms with van der Waals surface area (Å²) in [6.07, 6.45) is 0. The largest absolute Gasteiger partial charge is 0.307 e. The Labute approximate surface area is 290 Å². The van der Waals surface area contributed by atoms with E-state index in [-0.39, 0.29) is 0 Å². The minimum atomic E-state index is 1.12. The first-order valence-corrected chi connectivity index (χ1v) is 17.2. The van der Waals surface area contributed by atoms with E-state index in [4.69, 9.17) is 0 Å². The molecule has 2 nitrogen and oxygen atoms in total. The average Bonchev–Trinajstić information content (AvgIpc) is 3.54. The standard InChI is InChI=1S/C48H32N2/c1-3-16-33(17-4-1)38-23-11-13-27-43(38)50(46-32-35-19-8-9-22-37(35)41-31-30-34-18-7-10-24-39(34)47(41)46)45-29-15-26-42-40-25-12-14-28-44(40)49(48(42)45)36-20-5-2-6-21-36/h1-32H. The summed E-state index contributed by atoms with van der Waals surface area (Å²) in [7, 11) is 0. The second-order valence-electron chi connectivity index (χ2n) is 12.9. The van der Waals surface area contributed by atoms with E-state index in [1.165, 1.54) is 65.3 Å². The third kappa shape index (κ3) is 4.36. The molecule has 0 amide bonds. The second-order valence-corrected chi connectivity index (χ2v) is 12.9. The lowest BCUT2D eigenvalue weighted by Crippen LogP contribution is -2.13. The molecule has 0 saturated carbocycles. The van der Waals surface area contributed by atoms with Gasteiger partial charge in [-0.1, -0.05) is 158 Å². The van der Waals surface area contributed by atoms with Gasteiger partial charge in [0.15, 0.2) is 0 Å². The van der Waals surface area contributed by atoms with E-state index in [9.17, 15) is 0 Å². The number of fused-ring (bicyclic) bond motifs is 8. The van der Waals surface area contributed by atoms with Gasteiger partial charge in [-0.25, -0.2) is 0 Å². The molecule has 0 atom stereocenters. The number of benzene rings is 9. The van der Waals surface area contributed by atoms with Crippen molar-refractivity contribution in [1.29, 1.82) is 0 Å². The van der Waals surface area contributed by atoms with E-state index >= 15 is 0 Å². The molecule has 0 fully saturated rings. The van der Waals surface area contributed by atoms with Crippen LogP contribution in [0.25, 0.3) is 70.9 Å². The quantitative estimate of drug-likeness (QED) is 0.171. The highest BCUT2D eigenvalue weighted by Gasteiger charge is 2.25. The molecule has 9 aromatic carbocycles. The molecular formula is C48H32N2. The third-order valence-electron chi connectivity index (χ3n) is 10.1. The van der Waals surface area contributed by atoms with Crippen molar-refractivity contribution in [2.75, 3.05) is 4.90 Å². The molecule has 1 heterocycles.